The lowest BCUT2D eigenvalue weighted by Gasteiger charge is -2.34. The number of rotatable bonds is 6. The first-order valence-corrected chi connectivity index (χ1v) is 9.21. The number of ether oxygens (including phenoxy) is 1. The third kappa shape index (κ3) is 4.16. The Hall–Kier alpha value is -1.40. The van der Waals surface area contributed by atoms with E-state index in [1.54, 1.807) is 4.90 Å². The molecule has 1 aromatic rings. The van der Waals surface area contributed by atoms with Crippen LogP contribution in [0.25, 0.3) is 0 Å². The summed E-state index contributed by atoms with van der Waals surface area (Å²) >= 11 is 3.43. The number of aliphatic carboxylic acids is 1. The average molecular weight is 396 g/mol. The molecular weight excluding hydrogens is 374 g/mol. The third-order valence-corrected chi connectivity index (χ3v) is 5.42. The average Bonchev–Trinajstić information content (AvgIpc) is 3.37. The van der Waals surface area contributed by atoms with Gasteiger partial charge in [-0.25, -0.2) is 0 Å². The fraction of sp³-hybridized carbons (Fsp3) is 0.556. The van der Waals surface area contributed by atoms with Crippen LogP contribution in [-0.2, 0) is 14.3 Å². The molecule has 1 aliphatic carbocycles. The topological polar surface area (TPSA) is 66.8 Å². The predicted octanol–water partition coefficient (Wildman–Crippen LogP) is 3.03. The molecule has 1 aromatic carbocycles. The van der Waals surface area contributed by atoms with E-state index in [1.807, 2.05) is 12.1 Å². The second-order valence-electron chi connectivity index (χ2n) is 6.52. The number of benzene rings is 1. The SMILES string of the molecule is O=C(O)CCN(C(=O)C1CC1c1ccc(Br)cc1)C1CCOCC1. The van der Waals surface area contributed by atoms with Crippen molar-refractivity contribution in [2.75, 3.05) is 19.8 Å². The van der Waals surface area contributed by atoms with Crippen molar-refractivity contribution < 1.29 is 19.4 Å². The highest BCUT2D eigenvalue weighted by Crippen LogP contribution is 2.49. The van der Waals surface area contributed by atoms with E-state index in [9.17, 15) is 9.59 Å². The summed E-state index contributed by atoms with van der Waals surface area (Å²) in [7, 11) is 0. The molecule has 2 aliphatic rings. The molecule has 2 fully saturated rings. The normalized spacial score (nSPS) is 23.7. The highest BCUT2D eigenvalue weighted by Gasteiger charge is 2.46. The van der Waals surface area contributed by atoms with E-state index in [2.05, 4.69) is 28.1 Å². The minimum absolute atomic E-state index is 0.00122. The van der Waals surface area contributed by atoms with Crippen LogP contribution in [0.2, 0.25) is 0 Å². The predicted molar refractivity (Wildman–Crippen MR) is 92.8 cm³/mol. The molecule has 1 amide bonds. The molecule has 1 N–H and O–H groups in total. The Kier molecular flexibility index (Phi) is 5.56. The van der Waals surface area contributed by atoms with Crippen molar-refractivity contribution in [3.63, 3.8) is 0 Å². The van der Waals surface area contributed by atoms with Gasteiger partial charge in [0.15, 0.2) is 0 Å². The Labute approximate surface area is 150 Å². The fourth-order valence-electron chi connectivity index (χ4n) is 3.44. The van der Waals surface area contributed by atoms with Crippen molar-refractivity contribution in [2.24, 2.45) is 5.92 Å². The van der Waals surface area contributed by atoms with Gasteiger partial charge in [0.1, 0.15) is 0 Å². The lowest BCUT2D eigenvalue weighted by atomic mass is 10.0. The number of carbonyl (C=O) groups excluding carboxylic acids is 1. The summed E-state index contributed by atoms with van der Waals surface area (Å²) in [5.74, 6) is -0.503. The Balaban J connectivity index is 1.66. The van der Waals surface area contributed by atoms with E-state index >= 15 is 0 Å². The Morgan fingerprint density at radius 1 is 1.21 bits per heavy atom. The molecule has 1 saturated carbocycles. The second-order valence-corrected chi connectivity index (χ2v) is 7.43. The lowest BCUT2D eigenvalue weighted by Crippen LogP contribution is -2.45. The van der Waals surface area contributed by atoms with Crippen molar-refractivity contribution in [1.82, 2.24) is 4.90 Å². The molecule has 0 bridgehead atoms. The second kappa shape index (κ2) is 7.66. The summed E-state index contributed by atoms with van der Waals surface area (Å²) in [6.45, 7) is 1.58. The Bertz CT molecular complexity index is 598. The largest absolute Gasteiger partial charge is 0.481 e. The van der Waals surface area contributed by atoms with E-state index in [0.29, 0.717) is 19.8 Å². The van der Waals surface area contributed by atoms with Crippen molar-refractivity contribution in [3.05, 3.63) is 34.3 Å². The maximum atomic E-state index is 13.0. The molecule has 0 radical (unpaired) electrons. The number of carboxylic acid groups (broad SMARTS) is 1. The quantitative estimate of drug-likeness (QED) is 0.803. The van der Waals surface area contributed by atoms with Gasteiger partial charge in [0.2, 0.25) is 5.91 Å². The van der Waals surface area contributed by atoms with Crippen molar-refractivity contribution >= 4 is 27.8 Å². The summed E-state index contributed by atoms with van der Waals surface area (Å²) in [5, 5.41) is 8.99. The zero-order chi connectivity index (χ0) is 17.1. The molecule has 0 aromatic heterocycles. The zero-order valence-electron chi connectivity index (χ0n) is 13.5. The lowest BCUT2D eigenvalue weighted by molar-refractivity contribution is -0.141. The number of amides is 1. The fourth-order valence-corrected chi connectivity index (χ4v) is 3.71. The molecule has 130 valence electrons. The maximum absolute atomic E-state index is 13.0. The number of carbonyl (C=O) groups is 2. The monoisotopic (exact) mass is 395 g/mol. The third-order valence-electron chi connectivity index (χ3n) is 4.89. The van der Waals surface area contributed by atoms with Crippen LogP contribution in [0.15, 0.2) is 28.7 Å². The minimum atomic E-state index is -0.861. The summed E-state index contributed by atoms with van der Waals surface area (Å²) in [6.07, 6.45) is 2.44. The minimum Gasteiger partial charge on any atom is -0.481 e. The molecule has 6 heteroatoms. The van der Waals surface area contributed by atoms with E-state index in [1.165, 1.54) is 5.56 Å². The molecule has 2 unspecified atom stereocenters. The van der Waals surface area contributed by atoms with E-state index in [-0.39, 0.29) is 30.2 Å². The van der Waals surface area contributed by atoms with E-state index in [0.717, 1.165) is 23.7 Å². The van der Waals surface area contributed by atoms with Crippen molar-refractivity contribution in [3.8, 4) is 0 Å². The summed E-state index contributed by atoms with van der Waals surface area (Å²) in [4.78, 5) is 25.7. The Morgan fingerprint density at radius 2 is 1.88 bits per heavy atom. The molecule has 1 aliphatic heterocycles. The van der Waals surface area contributed by atoms with Gasteiger partial charge in [0, 0.05) is 36.2 Å². The molecule has 1 saturated heterocycles. The highest BCUT2D eigenvalue weighted by molar-refractivity contribution is 9.10. The van der Waals surface area contributed by atoms with Crippen LogP contribution >= 0.6 is 15.9 Å². The van der Waals surface area contributed by atoms with Crippen molar-refractivity contribution in [2.45, 2.75) is 37.6 Å². The van der Waals surface area contributed by atoms with Crippen LogP contribution < -0.4 is 0 Å². The summed E-state index contributed by atoms with van der Waals surface area (Å²) in [6, 6.07) is 8.21. The zero-order valence-corrected chi connectivity index (χ0v) is 15.1. The first-order valence-electron chi connectivity index (χ1n) is 8.41. The molecule has 24 heavy (non-hydrogen) atoms. The summed E-state index contributed by atoms with van der Waals surface area (Å²) in [5.41, 5.74) is 1.18. The number of halogens is 1. The standard InChI is InChI=1S/C18H22BrNO4/c19-13-3-1-12(2-4-13)15-11-16(15)18(23)20(8-5-17(21)22)14-6-9-24-10-7-14/h1-4,14-16H,5-11H2,(H,21,22). The van der Waals surface area contributed by atoms with Gasteiger partial charge in [0.25, 0.3) is 0 Å². The first kappa shape index (κ1) is 17.4. The van der Waals surface area contributed by atoms with E-state index < -0.39 is 5.97 Å². The highest BCUT2D eigenvalue weighted by atomic mass is 79.9. The molecule has 2 atom stereocenters. The molecule has 3 rings (SSSR count). The maximum Gasteiger partial charge on any atom is 0.305 e. The van der Waals surface area contributed by atoms with Crippen LogP contribution in [0.3, 0.4) is 0 Å². The number of hydrogen-bond donors (Lipinski definition) is 1. The van der Waals surface area contributed by atoms with Crippen molar-refractivity contribution in [1.29, 1.82) is 0 Å². The smallest absolute Gasteiger partial charge is 0.305 e. The first-order chi connectivity index (χ1) is 11.6. The van der Waals surface area contributed by atoms with Gasteiger partial charge < -0.3 is 14.7 Å². The van der Waals surface area contributed by atoms with Crippen LogP contribution in [0.5, 0.6) is 0 Å². The van der Waals surface area contributed by atoms with Gasteiger partial charge in [-0.15, -0.1) is 0 Å². The number of nitrogens with zero attached hydrogens (tertiary/aromatic N) is 1. The van der Waals surface area contributed by atoms with Gasteiger partial charge in [0.05, 0.1) is 6.42 Å². The van der Waals surface area contributed by atoms with E-state index in [4.69, 9.17) is 9.84 Å². The van der Waals surface area contributed by atoms with Gasteiger partial charge in [-0.1, -0.05) is 28.1 Å². The van der Waals surface area contributed by atoms with Gasteiger partial charge in [-0.2, -0.15) is 0 Å². The molecule has 1 heterocycles. The van der Waals surface area contributed by atoms with Gasteiger partial charge in [-0.05, 0) is 42.9 Å². The van der Waals surface area contributed by atoms with Crippen LogP contribution in [0.1, 0.15) is 37.2 Å². The Morgan fingerprint density at radius 3 is 2.50 bits per heavy atom. The number of hydrogen-bond acceptors (Lipinski definition) is 3. The molecule has 5 nitrogen and oxygen atoms in total. The molecular formula is C18H22BrNO4. The van der Waals surface area contributed by atoms with Crippen LogP contribution in [0.4, 0.5) is 0 Å². The summed E-state index contributed by atoms with van der Waals surface area (Å²) < 4.78 is 6.40. The van der Waals surface area contributed by atoms with Crippen LogP contribution in [0, 0.1) is 5.92 Å². The van der Waals surface area contributed by atoms with Crippen LogP contribution in [-0.4, -0.2) is 47.7 Å². The number of carboxylic acids is 1. The van der Waals surface area contributed by atoms with Gasteiger partial charge >= 0.3 is 5.97 Å². The van der Waals surface area contributed by atoms with Gasteiger partial charge in [-0.3, -0.25) is 9.59 Å². The molecule has 0 spiro atoms.